The quantitative estimate of drug-likeness (QED) is 0.513. The highest BCUT2D eigenvalue weighted by molar-refractivity contribution is 7.99. The van der Waals surface area contributed by atoms with Gasteiger partial charge >= 0.3 is 0 Å². The summed E-state index contributed by atoms with van der Waals surface area (Å²) in [6.07, 6.45) is 5.75. The minimum Gasteiger partial charge on any atom is -0.490 e. The van der Waals surface area contributed by atoms with Crippen molar-refractivity contribution in [1.29, 1.82) is 0 Å². The second-order valence-corrected chi connectivity index (χ2v) is 10.6. The van der Waals surface area contributed by atoms with E-state index in [1.54, 1.807) is 11.8 Å². The number of thiophene rings is 1. The van der Waals surface area contributed by atoms with Crippen LogP contribution >= 0.6 is 23.1 Å². The molecule has 2 aliphatic heterocycles. The summed E-state index contributed by atoms with van der Waals surface area (Å²) < 4.78 is 17.3. The Labute approximate surface area is 196 Å². The van der Waals surface area contributed by atoms with Gasteiger partial charge in [0.05, 0.1) is 33.0 Å². The highest BCUT2D eigenvalue weighted by Crippen LogP contribution is 2.43. The Hall–Kier alpha value is -1.87. The van der Waals surface area contributed by atoms with Crippen molar-refractivity contribution in [2.24, 2.45) is 0 Å². The lowest BCUT2D eigenvalue weighted by Crippen LogP contribution is -2.36. The molecule has 8 heteroatoms. The van der Waals surface area contributed by atoms with E-state index in [2.05, 4.69) is 17.0 Å². The lowest BCUT2D eigenvalue weighted by Gasteiger charge is -2.25. The molecule has 1 aliphatic carbocycles. The van der Waals surface area contributed by atoms with E-state index in [4.69, 9.17) is 24.2 Å². The average Bonchev–Trinajstić information content (AvgIpc) is 3.03. The van der Waals surface area contributed by atoms with Crippen LogP contribution in [0.2, 0.25) is 0 Å². The molecule has 0 unspecified atom stereocenters. The number of rotatable bonds is 4. The molecule has 0 amide bonds. The normalized spacial score (nSPS) is 19.0. The third-order valence-corrected chi connectivity index (χ3v) is 8.39. The van der Waals surface area contributed by atoms with Gasteiger partial charge in [0.2, 0.25) is 0 Å². The molecule has 32 heavy (non-hydrogen) atoms. The van der Waals surface area contributed by atoms with Crippen LogP contribution < -0.4 is 9.47 Å². The first-order valence-electron chi connectivity index (χ1n) is 11.5. The molecule has 0 spiro atoms. The second kappa shape index (κ2) is 9.17. The molecule has 1 saturated heterocycles. The zero-order valence-corrected chi connectivity index (χ0v) is 19.7. The summed E-state index contributed by atoms with van der Waals surface area (Å²) in [6.45, 7) is 5.62. The number of ether oxygens (including phenoxy) is 3. The number of aromatic nitrogens is 2. The maximum Gasteiger partial charge on any atom is 0.162 e. The molecule has 2 aromatic heterocycles. The Kier molecular flexibility index (Phi) is 5.94. The van der Waals surface area contributed by atoms with Crippen molar-refractivity contribution >= 4 is 33.3 Å². The molecule has 0 atom stereocenters. The molecule has 168 valence electrons. The Balaban J connectivity index is 1.38. The van der Waals surface area contributed by atoms with Crippen molar-refractivity contribution < 1.29 is 14.2 Å². The highest BCUT2D eigenvalue weighted by Gasteiger charge is 2.23. The number of nitrogens with zero attached hydrogens (tertiary/aromatic N) is 3. The van der Waals surface area contributed by atoms with Crippen LogP contribution in [0.3, 0.4) is 0 Å². The van der Waals surface area contributed by atoms with Gasteiger partial charge in [0.25, 0.3) is 0 Å². The van der Waals surface area contributed by atoms with Gasteiger partial charge in [-0.05, 0) is 49.4 Å². The van der Waals surface area contributed by atoms with Gasteiger partial charge in [0.15, 0.2) is 11.5 Å². The average molecular weight is 470 g/mol. The van der Waals surface area contributed by atoms with Gasteiger partial charge in [-0.1, -0.05) is 11.8 Å². The Morgan fingerprint density at radius 1 is 0.938 bits per heavy atom. The molecule has 3 aromatic rings. The standard InChI is InChI=1S/C24H27N3O3S2/c1-2-5-20-17(4-1)22-23(31-16-6-7-18-19(14-16)30-11-3-10-29-18)25-21(26-24(22)32-20)15-27-8-12-28-13-9-27/h6-7,14H,1-5,8-13,15H2. The van der Waals surface area contributed by atoms with E-state index >= 15 is 0 Å². The van der Waals surface area contributed by atoms with Crippen LogP contribution in [0.15, 0.2) is 28.1 Å². The summed E-state index contributed by atoms with van der Waals surface area (Å²) in [5.41, 5.74) is 1.48. The van der Waals surface area contributed by atoms with Gasteiger partial charge in [-0.2, -0.15) is 0 Å². The maximum absolute atomic E-state index is 5.93. The molecule has 6 rings (SSSR count). The van der Waals surface area contributed by atoms with Gasteiger partial charge in [-0.25, -0.2) is 9.97 Å². The van der Waals surface area contributed by atoms with Crippen LogP contribution in [-0.2, 0) is 24.1 Å². The summed E-state index contributed by atoms with van der Waals surface area (Å²) in [6, 6.07) is 6.24. The number of fused-ring (bicyclic) bond motifs is 4. The summed E-state index contributed by atoms with van der Waals surface area (Å²) >= 11 is 3.60. The third kappa shape index (κ3) is 4.21. The molecule has 3 aliphatic rings. The zero-order chi connectivity index (χ0) is 21.3. The number of benzene rings is 1. The third-order valence-electron chi connectivity index (χ3n) is 6.23. The predicted octanol–water partition coefficient (Wildman–Crippen LogP) is 4.71. The fraction of sp³-hybridized carbons (Fsp3) is 0.500. The van der Waals surface area contributed by atoms with Crippen LogP contribution in [0.25, 0.3) is 10.2 Å². The van der Waals surface area contributed by atoms with Gasteiger partial charge in [0, 0.05) is 34.7 Å². The van der Waals surface area contributed by atoms with E-state index in [9.17, 15) is 0 Å². The minimum atomic E-state index is 0.695. The van der Waals surface area contributed by atoms with Gasteiger partial charge in [-0.3, -0.25) is 4.90 Å². The number of hydrogen-bond acceptors (Lipinski definition) is 8. The number of hydrogen-bond donors (Lipinski definition) is 0. The van der Waals surface area contributed by atoms with Crippen LogP contribution in [0.1, 0.15) is 35.5 Å². The van der Waals surface area contributed by atoms with Crippen molar-refractivity contribution in [1.82, 2.24) is 14.9 Å². The molecule has 0 radical (unpaired) electrons. The smallest absolute Gasteiger partial charge is 0.162 e. The number of aryl methyl sites for hydroxylation is 2. The molecule has 0 bridgehead atoms. The first-order chi connectivity index (χ1) is 15.8. The minimum absolute atomic E-state index is 0.695. The second-order valence-electron chi connectivity index (χ2n) is 8.49. The lowest BCUT2D eigenvalue weighted by atomic mass is 9.97. The number of morpholine rings is 1. The van der Waals surface area contributed by atoms with Crippen molar-refractivity contribution in [3.63, 3.8) is 0 Å². The topological polar surface area (TPSA) is 56.7 Å². The van der Waals surface area contributed by atoms with Gasteiger partial charge in [0.1, 0.15) is 15.7 Å². The van der Waals surface area contributed by atoms with E-state index in [-0.39, 0.29) is 0 Å². The van der Waals surface area contributed by atoms with Crippen LogP contribution in [0, 0.1) is 0 Å². The Morgan fingerprint density at radius 3 is 2.69 bits per heavy atom. The van der Waals surface area contributed by atoms with E-state index < -0.39 is 0 Å². The largest absolute Gasteiger partial charge is 0.490 e. The molecule has 1 fully saturated rings. The van der Waals surface area contributed by atoms with Crippen molar-refractivity contribution in [2.45, 2.75) is 48.6 Å². The Morgan fingerprint density at radius 2 is 1.78 bits per heavy atom. The molecular weight excluding hydrogens is 442 g/mol. The monoisotopic (exact) mass is 469 g/mol. The molecule has 0 N–H and O–H groups in total. The summed E-state index contributed by atoms with van der Waals surface area (Å²) in [5, 5.41) is 2.35. The molecule has 0 saturated carbocycles. The van der Waals surface area contributed by atoms with Crippen LogP contribution in [-0.4, -0.2) is 54.4 Å². The van der Waals surface area contributed by atoms with Gasteiger partial charge < -0.3 is 14.2 Å². The lowest BCUT2D eigenvalue weighted by molar-refractivity contribution is 0.0330. The summed E-state index contributed by atoms with van der Waals surface area (Å²) in [5.74, 6) is 2.58. The fourth-order valence-corrected chi connectivity index (χ4v) is 6.93. The summed E-state index contributed by atoms with van der Waals surface area (Å²) in [7, 11) is 0. The van der Waals surface area contributed by atoms with Gasteiger partial charge in [-0.15, -0.1) is 11.3 Å². The first kappa shape index (κ1) is 20.7. The van der Waals surface area contributed by atoms with E-state index in [1.165, 1.54) is 35.1 Å². The molecular formula is C24H27N3O3S2. The van der Waals surface area contributed by atoms with E-state index in [1.807, 2.05) is 17.4 Å². The predicted molar refractivity (Wildman–Crippen MR) is 126 cm³/mol. The van der Waals surface area contributed by atoms with E-state index in [0.717, 1.165) is 77.8 Å². The highest BCUT2D eigenvalue weighted by atomic mass is 32.2. The van der Waals surface area contributed by atoms with Crippen LogP contribution in [0.4, 0.5) is 0 Å². The molecule has 1 aromatic carbocycles. The molecule has 6 nitrogen and oxygen atoms in total. The molecule has 4 heterocycles. The first-order valence-corrected chi connectivity index (χ1v) is 13.2. The maximum atomic E-state index is 5.93. The Bertz CT molecular complexity index is 1130. The zero-order valence-electron chi connectivity index (χ0n) is 18.1. The SMILES string of the molecule is c1cc2c(cc1Sc1nc(CN3CCOCC3)nc3sc4c(c13)CCCC4)OCCCO2. The van der Waals surface area contributed by atoms with E-state index in [0.29, 0.717) is 13.2 Å². The summed E-state index contributed by atoms with van der Waals surface area (Å²) in [4.78, 5) is 16.3. The fourth-order valence-electron chi connectivity index (χ4n) is 4.59. The van der Waals surface area contributed by atoms with Crippen molar-refractivity contribution in [3.8, 4) is 11.5 Å². The van der Waals surface area contributed by atoms with Crippen LogP contribution in [0.5, 0.6) is 11.5 Å². The van der Waals surface area contributed by atoms with Crippen molar-refractivity contribution in [2.75, 3.05) is 39.5 Å². The van der Waals surface area contributed by atoms with Crippen molar-refractivity contribution in [3.05, 3.63) is 34.5 Å².